The second-order valence-corrected chi connectivity index (χ2v) is 11.3. The van der Waals surface area contributed by atoms with Gasteiger partial charge in [0.1, 0.15) is 5.75 Å². The molecule has 0 fully saturated rings. The largest absolute Gasteiger partial charge is 0.476 e. The van der Waals surface area contributed by atoms with Crippen molar-refractivity contribution in [1.29, 1.82) is 0 Å². The van der Waals surface area contributed by atoms with Gasteiger partial charge in [-0.25, -0.2) is 8.42 Å². The number of amides is 1. The third-order valence-electron chi connectivity index (χ3n) is 5.90. The molecule has 1 amide bonds. The lowest BCUT2D eigenvalue weighted by atomic mass is 9.86. The molecule has 1 aliphatic heterocycles. The number of nitrogens with one attached hydrogen (secondary N) is 1. The zero-order valence-electron chi connectivity index (χ0n) is 19.9. The fourth-order valence-electron chi connectivity index (χ4n) is 3.87. The molecule has 3 rings (SSSR count). The molecule has 1 atom stereocenters. The predicted molar refractivity (Wildman–Crippen MR) is 129 cm³/mol. The summed E-state index contributed by atoms with van der Waals surface area (Å²) in [6.07, 6.45) is 2.04. The number of anilines is 1. The number of carbonyl (C=O) groups is 1. The van der Waals surface area contributed by atoms with Crippen LogP contribution in [0.1, 0.15) is 56.9 Å². The molecule has 0 radical (unpaired) electrons. The monoisotopic (exact) mass is 458 g/mol. The van der Waals surface area contributed by atoms with E-state index in [9.17, 15) is 13.2 Å². The SMILES string of the molecule is CCc1ccc(CC)c(CNC(=O)[C@@H]2CN(S(C)(=O)=O)c3cc(C(C)(C)C)ccc3O2)c1. The average Bonchev–Trinajstić information content (AvgIpc) is 2.74. The fraction of sp³-hybridized carbons (Fsp3) is 0.480. The summed E-state index contributed by atoms with van der Waals surface area (Å²) in [6.45, 7) is 10.7. The molecule has 2 aromatic carbocycles. The summed E-state index contributed by atoms with van der Waals surface area (Å²) < 4.78 is 32.3. The normalized spacial score (nSPS) is 16.3. The topological polar surface area (TPSA) is 75.7 Å². The molecule has 2 aromatic rings. The Bertz CT molecular complexity index is 1100. The zero-order valence-corrected chi connectivity index (χ0v) is 20.7. The molecule has 0 saturated heterocycles. The Morgan fingerprint density at radius 2 is 1.81 bits per heavy atom. The summed E-state index contributed by atoms with van der Waals surface area (Å²) in [5.41, 5.74) is 4.81. The van der Waals surface area contributed by atoms with Gasteiger partial charge >= 0.3 is 0 Å². The van der Waals surface area contributed by atoms with Crippen LogP contribution in [0.3, 0.4) is 0 Å². The summed E-state index contributed by atoms with van der Waals surface area (Å²) in [6, 6.07) is 11.9. The van der Waals surface area contributed by atoms with Crippen LogP contribution in [0.2, 0.25) is 0 Å². The van der Waals surface area contributed by atoms with Gasteiger partial charge in [-0.15, -0.1) is 0 Å². The zero-order chi connectivity index (χ0) is 23.7. The minimum absolute atomic E-state index is 0.0547. The molecule has 0 saturated carbocycles. The van der Waals surface area contributed by atoms with Gasteiger partial charge < -0.3 is 10.1 Å². The standard InChI is InChI=1S/C25H34N2O4S/c1-7-17-9-10-18(8-2)19(13-17)15-26-24(28)23-16-27(32(6,29)30)21-14-20(25(3,4)5)11-12-22(21)31-23/h9-14,23H,7-8,15-16H2,1-6H3,(H,26,28)/t23-/m0/s1. The Morgan fingerprint density at radius 1 is 1.09 bits per heavy atom. The van der Waals surface area contributed by atoms with E-state index in [1.807, 2.05) is 12.1 Å². The number of nitrogens with zero attached hydrogens (tertiary/aromatic N) is 1. The van der Waals surface area contributed by atoms with Gasteiger partial charge in [0.15, 0.2) is 6.10 Å². The van der Waals surface area contributed by atoms with Crippen molar-refractivity contribution < 1.29 is 17.9 Å². The van der Waals surface area contributed by atoms with Crippen molar-refractivity contribution in [2.24, 2.45) is 0 Å². The van der Waals surface area contributed by atoms with Crippen LogP contribution in [0.15, 0.2) is 36.4 Å². The van der Waals surface area contributed by atoms with Gasteiger partial charge in [-0.2, -0.15) is 0 Å². The van der Waals surface area contributed by atoms with Crippen molar-refractivity contribution in [3.8, 4) is 5.75 Å². The lowest BCUT2D eigenvalue weighted by Gasteiger charge is -2.35. The molecular formula is C25H34N2O4S. The molecule has 1 heterocycles. The molecule has 0 spiro atoms. The maximum Gasteiger partial charge on any atom is 0.263 e. The maximum absolute atomic E-state index is 13.0. The van der Waals surface area contributed by atoms with Crippen LogP contribution in [0, 0.1) is 0 Å². The summed E-state index contributed by atoms with van der Waals surface area (Å²) in [7, 11) is -3.58. The van der Waals surface area contributed by atoms with Gasteiger partial charge in [-0.3, -0.25) is 9.10 Å². The smallest absolute Gasteiger partial charge is 0.263 e. The number of rotatable bonds is 6. The van der Waals surface area contributed by atoms with Gasteiger partial charge in [-0.1, -0.05) is 58.9 Å². The van der Waals surface area contributed by atoms with Crippen molar-refractivity contribution in [1.82, 2.24) is 5.32 Å². The van der Waals surface area contributed by atoms with E-state index >= 15 is 0 Å². The quantitative estimate of drug-likeness (QED) is 0.711. The summed E-state index contributed by atoms with van der Waals surface area (Å²) in [5.74, 6) is 0.0743. The first-order chi connectivity index (χ1) is 14.9. The van der Waals surface area contributed by atoms with Gasteiger partial charge in [0.05, 0.1) is 18.5 Å². The number of aryl methyl sites for hydroxylation is 2. The van der Waals surface area contributed by atoms with Crippen LogP contribution in [0.25, 0.3) is 0 Å². The van der Waals surface area contributed by atoms with Gasteiger partial charge in [0.25, 0.3) is 5.91 Å². The van der Waals surface area contributed by atoms with Crippen LogP contribution in [0.4, 0.5) is 5.69 Å². The van der Waals surface area contributed by atoms with Crippen LogP contribution in [-0.4, -0.2) is 33.2 Å². The van der Waals surface area contributed by atoms with Crippen molar-refractivity contribution >= 4 is 21.6 Å². The minimum atomic E-state index is -3.58. The molecule has 1 aliphatic rings. The lowest BCUT2D eigenvalue weighted by Crippen LogP contribution is -2.50. The summed E-state index contributed by atoms with van der Waals surface area (Å²) in [5, 5.41) is 2.95. The van der Waals surface area contributed by atoms with Crippen LogP contribution >= 0.6 is 0 Å². The number of ether oxygens (including phenoxy) is 1. The maximum atomic E-state index is 13.0. The van der Waals surface area contributed by atoms with Gasteiger partial charge in [-0.05, 0) is 52.6 Å². The third kappa shape index (κ3) is 5.26. The van der Waals surface area contributed by atoms with E-state index in [0.717, 1.165) is 30.2 Å². The van der Waals surface area contributed by atoms with Crippen LogP contribution in [-0.2, 0) is 39.6 Å². The van der Waals surface area contributed by atoms with E-state index in [-0.39, 0.29) is 17.9 Å². The number of hydrogen-bond donors (Lipinski definition) is 1. The Morgan fingerprint density at radius 3 is 2.41 bits per heavy atom. The molecule has 0 bridgehead atoms. The highest BCUT2D eigenvalue weighted by Crippen LogP contribution is 2.38. The number of benzene rings is 2. The average molecular weight is 459 g/mol. The summed E-state index contributed by atoms with van der Waals surface area (Å²) >= 11 is 0. The predicted octanol–water partition coefficient (Wildman–Crippen LogP) is 3.95. The number of carbonyl (C=O) groups excluding carboxylic acids is 1. The molecule has 6 nitrogen and oxygen atoms in total. The first-order valence-electron chi connectivity index (χ1n) is 11.1. The molecule has 0 aliphatic carbocycles. The Labute approximate surface area is 192 Å². The minimum Gasteiger partial charge on any atom is -0.476 e. The number of hydrogen-bond acceptors (Lipinski definition) is 4. The molecule has 0 unspecified atom stereocenters. The summed E-state index contributed by atoms with van der Waals surface area (Å²) in [4.78, 5) is 13.0. The Balaban J connectivity index is 1.84. The lowest BCUT2D eigenvalue weighted by molar-refractivity contribution is -0.127. The highest BCUT2D eigenvalue weighted by molar-refractivity contribution is 7.92. The molecule has 0 aromatic heterocycles. The first-order valence-corrected chi connectivity index (χ1v) is 13.0. The van der Waals surface area contributed by atoms with Crippen molar-refractivity contribution in [2.75, 3.05) is 17.1 Å². The van der Waals surface area contributed by atoms with E-state index in [4.69, 9.17) is 4.74 Å². The first kappa shape index (κ1) is 24.1. The second-order valence-electron chi connectivity index (χ2n) is 9.36. The van der Waals surface area contributed by atoms with Crippen molar-refractivity contribution in [3.63, 3.8) is 0 Å². The Kier molecular flexibility index (Phi) is 6.89. The molecule has 174 valence electrons. The van der Waals surface area contributed by atoms with Gasteiger partial charge in [0, 0.05) is 6.54 Å². The number of fused-ring (bicyclic) bond motifs is 1. The van der Waals surface area contributed by atoms with Crippen LogP contribution in [0.5, 0.6) is 5.75 Å². The highest BCUT2D eigenvalue weighted by Gasteiger charge is 2.35. The van der Waals surface area contributed by atoms with E-state index < -0.39 is 16.1 Å². The van der Waals surface area contributed by atoms with Crippen molar-refractivity contribution in [3.05, 3.63) is 58.7 Å². The van der Waals surface area contributed by atoms with E-state index in [0.29, 0.717) is 18.0 Å². The Hall–Kier alpha value is -2.54. The van der Waals surface area contributed by atoms with Crippen LogP contribution < -0.4 is 14.4 Å². The van der Waals surface area contributed by atoms with E-state index in [2.05, 4.69) is 58.1 Å². The second kappa shape index (κ2) is 9.14. The molecular weight excluding hydrogens is 424 g/mol. The molecule has 32 heavy (non-hydrogen) atoms. The molecule has 1 N–H and O–H groups in total. The molecule has 7 heteroatoms. The number of sulfonamides is 1. The fourth-order valence-corrected chi connectivity index (χ4v) is 4.78. The van der Waals surface area contributed by atoms with E-state index in [1.165, 1.54) is 15.4 Å². The van der Waals surface area contributed by atoms with Crippen molar-refractivity contribution in [2.45, 2.75) is 65.5 Å². The van der Waals surface area contributed by atoms with Gasteiger partial charge in [0.2, 0.25) is 10.0 Å². The van der Waals surface area contributed by atoms with E-state index in [1.54, 1.807) is 6.07 Å². The highest BCUT2D eigenvalue weighted by atomic mass is 32.2. The third-order valence-corrected chi connectivity index (χ3v) is 7.05.